The van der Waals surface area contributed by atoms with E-state index in [9.17, 15) is 0 Å². The van der Waals surface area contributed by atoms with Crippen molar-refractivity contribution in [2.75, 3.05) is 0 Å². The zero-order valence-corrected chi connectivity index (χ0v) is 27.1. The minimum Gasteiger partial charge on any atom is -0.482 e. The zero-order chi connectivity index (χ0) is 31.0. The molecule has 0 saturated heterocycles. The van der Waals surface area contributed by atoms with Crippen LogP contribution in [0.1, 0.15) is 141 Å². The number of nitrogens with zero attached hydrogens (tertiary/aromatic N) is 3. The standard InChI is InChI=1S/C38H53F2N3O/c1-3-5-7-9-10-11-12-13-14-15-17-19-21-35-38(39,40)36-34(44-35)27-26-33(43-36)37-41-28-32(29-42-37)31-24-22-30(23-25-31)20-18-16-8-6-4-2/h22-29,35H,3-21H2,1-2H3. The third-order valence-corrected chi connectivity index (χ3v) is 8.90. The molecule has 240 valence electrons. The summed E-state index contributed by atoms with van der Waals surface area (Å²) in [6.07, 6.45) is 24.7. The molecule has 6 heteroatoms. The quantitative estimate of drug-likeness (QED) is 0.113. The maximum Gasteiger partial charge on any atom is 0.329 e. The lowest BCUT2D eigenvalue weighted by molar-refractivity contribution is -0.0818. The van der Waals surface area contributed by atoms with E-state index < -0.39 is 12.0 Å². The van der Waals surface area contributed by atoms with Gasteiger partial charge in [-0.2, -0.15) is 8.78 Å². The largest absolute Gasteiger partial charge is 0.482 e. The van der Waals surface area contributed by atoms with Crippen LogP contribution >= 0.6 is 0 Å². The van der Waals surface area contributed by atoms with Crippen molar-refractivity contribution in [3.63, 3.8) is 0 Å². The number of rotatable bonds is 21. The minimum absolute atomic E-state index is 0.171. The highest BCUT2D eigenvalue weighted by atomic mass is 19.3. The molecule has 0 radical (unpaired) electrons. The second kappa shape index (κ2) is 18.2. The van der Waals surface area contributed by atoms with E-state index >= 15 is 8.78 Å². The fourth-order valence-corrected chi connectivity index (χ4v) is 6.10. The molecule has 0 saturated carbocycles. The zero-order valence-electron chi connectivity index (χ0n) is 27.1. The van der Waals surface area contributed by atoms with Gasteiger partial charge >= 0.3 is 5.92 Å². The number of halogens is 2. The molecule has 3 aromatic rings. The first kappa shape index (κ1) is 34.0. The summed E-state index contributed by atoms with van der Waals surface area (Å²) in [7, 11) is 0. The predicted molar refractivity (Wildman–Crippen MR) is 177 cm³/mol. The Morgan fingerprint density at radius 3 is 1.77 bits per heavy atom. The van der Waals surface area contributed by atoms with Crippen molar-refractivity contribution in [1.82, 2.24) is 15.0 Å². The average molecular weight is 606 g/mol. The molecule has 1 aliphatic rings. The summed E-state index contributed by atoms with van der Waals surface area (Å²) in [5.74, 6) is -2.62. The molecule has 1 aromatic carbocycles. The first-order chi connectivity index (χ1) is 21.5. The number of ether oxygens (including phenoxy) is 1. The lowest BCUT2D eigenvalue weighted by atomic mass is 10.0. The molecule has 0 spiro atoms. The van der Waals surface area contributed by atoms with E-state index in [0.717, 1.165) is 36.8 Å². The molecule has 2 aromatic heterocycles. The van der Waals surface area contributed by atoms with E-state index in [2.05, 4.69) is 53.1 Å². The second-order valence-electron chi connectivity index (χ2n) is 12.6. The number of fused-ring (bicyclic) bond motifs is 1. The summed E-state index contributed by atoms with van der Waals surface area (Å²) >= 11 is 0. The number of pyridine rings is 1. The predicted octanol–water partition coefficient (Wildman–Crippen LogP) is 11.7. The molecule has 1 unspecified atom stereocenters. The summed E-state index contributed by atoms with van der Waals surface area (Å²) in [4.78, 5) is 13.2. The third kappa shape index (κ3) is 10.1. The molecule has 1 aliphatic heterocycles. The van der Waals surface area contributed by atoms with E-state index in [1.54, 1.807) is 24.5 Å². The number of benzene rings is 1. The van der Waals surface area contributed by atoms with Gasteiger partial charge in [-0.1, -0.05) is 134 Å². The lowest BCUT2D eigenvalue weighted by Crippen LogP contribution is -2.30. The van der Waals surface area contributed by atoms with Crippen molar-refractivity contribution in [3.8, 4) is 28.4 Å². The molecule has 4 nitrogen and oxygen atoms in total. The van der Waals surface area contributed by atoms with Gasteiger partial charge in [0.2, 0.25) is 0 Å². The maximum atomic E-state index is 15.3. The Morgan fingerprint density at radius 2 is 1.18 bits per heavy atom. The van der Waals surface area contributed by atoms with Gasteiger partial charge in [0.25, 0.3) is 0 Å². The van der Waals surface area contributed by atoms with Crippen molar-refractivity contribution in [3.05, 3.63) is 60.0 Å². The highest BCUT2D eigenvalue weighted by Gasteiger charge is 2.52. The van der Waals surface area contributed by atoms with Crippen LogP contribution in [0.5, 0.6) is 5.75 Å². The number of aryl methyl sites for hydroxylation is 1. The fourth-order valence-electron chi connectivity index (χ4n) is 6.10. The SMILES string of the molecule is CCCCCCCCCCCCCCC1Oc2ccc(-c3ncc(-c4ccc(CCCCCCC)cc4)cn3)nc2C1(F)F. The van der Waals surface area contributed by atoms with Crippen LogP contribution in [-0.4, -0.2) is 21.1 Å². The number of alkyl halides is 2. The molecule has 1 atom stereocenters. The van der Waals surface area contributed by atoms with Crippen molar-refractivity contribution in [1.29, 1.82) is 0 Å². The summed E-state index contributed by atoms with van der Waals surface area (Å²) < 4.78 is 36.4. The van der Waals surface area contributed by atoms with Gasteiger partial charge in [-0.3, -0.25) is 0 Å². The number of hydrogen-bond donors (Lipinski definition) is 0. The minimum atomic E-state index is -3.12. The molecule has 0 N–H and O–H groups in total. The Kier molecular flexibility index (Phi) is 14.0. The van der Waals surface area contributed by atoms with Crippen LogP contribution in [0.3, 0.4) is 0 Å². The number of unbranched alkanes of at least 4 members (excludes halogenated alkanes) is 15. The molecule has 44 heavy (non-hydrogen) atoms. The van der Waals surface area contributed by atoms with E-state index in [1.807, 2.05) is 0 Å². The third-order valence-electron chi connectivity index (χ3n) is 8.90. The van der Waals surface area contributed by atoms with Gasteiger partial charge in [-0.15, -0.1) is 0 Å². The second-order valence-corrected chi connectivity index (χ2v) is 12.6. The smallest absolute Gasteiger partial charge is 0.329 e. The molecule has 0 fully saturated rings. The summed E-state index contributed by atoms with van der Waals surface area (Å²) in [5.41, 5.74) is 3.31. The van der Waals surface area contributed by atoms with Crippen LogP contribution in [0.15, 0.2) is 48.8 Å². The molecule has 0 amide bonds. The van der Waals surface area contributed by atoms with Gasteiger partial charge in [0.05, 0.1) is 0 Å². The molecule has 0 aliphatic carbocycles. The monoisotopic (exact) mass is 605 g/mol. The van der Waals surface area contributed by atoms with Crippen LogP contribution in [0, 0.1) is 0 Å². The molecule has 3 heterocycles. The van der Waals surface area contributed by atoms with Crippen molar-refractivity contribution < 1.29 is 13.5 Å². The Labute approximate surface area is 264 Å². The molecular weight excluding hydrogens is 552 g/mol. The van der Waals surface area contributed by atoms with E-state index in [-0.39, 0.29) is 11.4 Å². The van der Waals surface area contributed by atoms with Crippen molar-refractivity contribution >= 4 is 0 Å². The first-order valence-electron chi connectivity index (χ1n) is 17.5. The van der Waals surface area contributed by atoms with Crippen molar-refractivity contribution in [2.24, 2.45) is 0 Å². The molecular formula is C38H53F2N3O. The van der Waals surface area contributed by atoms with E-state index in [4.69, 9.17) is 4.74 Å². The summed E-state index contributed by atoms with van der Waals surface area (Å²) in [5, 5.41) is 0. The Morgan fingerprint density at radius 1 is 0.636 bits per heavy atom. The Balaban J connectivity index is 1.22. The van der Waals surface area contributed by atoms with Crippen LogP contribution in [0.2, 0.25) is 0 Å². The normalized spacial score (nSPS) is 15.3. The highest BCUT2D eigenvalue weighted by Crippen LogP contribution is 2.46. The maximum absolute atomic E-state index is 15.3. The topological polar surface area (TPSA) is 47.9 Å². The van der Waals surface area contributed by atoms with E-state index in [1.165, 1.54) is 95.5 Å². The number of hydrogen-bond acceptors (Lipinski definition) is 4. The van der Waals surface area contributed by atoms with Gasteiger partial charge in [0.1, 0.15) is 11.4 Å². The summed E-state index contributed by atoms with van der Waals surface area (Å²) in [6, 6.07) is 11.8. The van der Waals surface area contributed by atoms with Gasteiger partial charge in [0, 0.05) is 18.0 Å². The van der Waals surface area contributed by atoms with E-state index in [0.29, 0.717) is 17.9 Å². The Bertz CT molecular complexity index is 1230. The van der Waals surface area contributed by atoms with Gasteiger partial charge < -0.3 is 4.74 Å². The van der Waals surface area contributed by atoms with Gasteiger partial charge in [-0.25, -0.2) is 15.0 Å². The Hall–Kier alpha value is -2.89. The molecule has 0 bridgehead atoms. The van der Waals surface area contributed by atoms with Crippen LogP contribution in [0.4, 0.5) is 8.78 Å². The van der Waals surface area contributed by atoms with Crippen LogP contribution in [-0.2, 0) is 12.3 Å². The lowest BCUT2D eigenvalue weighted by Gasteiger charge is -2.17. The highest BCUT2D eigenvalue weighted by molar-refractivity contribution is 5.63. The van der Waals surface area contributed by atoms with Crippen LogP contribution in [0.25, 0.3) is 22.6 Å². The average Bonchev–Trinajstić information content (AvgIpc) is 3.30. The fraction of sp³-hybridized carbons (Fsp3) is 0.605. The summed E-state index contributed by atoms with van der Waals surface area (Å²) in [6.45, 7) is 4.48. The molecule has 4 rings (SSSR count). The first-order valence-corrected chi connectivity index (χ1v) is 17.5. The van der Waals surface area contributed by atoms with Crippen molar-refractivity contribution in [2.45, 2.75) is 148 Å². The number of aromatic nitrogens is 3. The van der Waals surface area contributed by atoms with Gasteiger partial charge in [-0.05, 0) is 48.9 Å². The van der Waals surface area contributed by atoms with Crippen LogP contribution < -0.4 is 4.74 Å². The van der Waals surface area contributed by atoms with Gasteiger partial charge in [0.15, 0.2) is 17.6 Å².